The van der Waals surface area contributed by atoms with E-state index in [1.54, 1.807) is 24.4 Å². The molecule has 2 N–H and O–H groups in total. The molecule has 0 unspecified atom stereocenters. The van der Waals surface area contributed by atoms with Crippen LogP contribution in [0.5, 0.6) is 5.75 Å². The molecule has 29 heavy (non-hydrogen) atoms. The van der Waals surface area contributed by atoms with Crippen LogP contribution in [0.2, 0.25) is 0 Å². The third-order valence-corrected chi connectivity index (χ3v) is 5.64. The van der Waals surface area contributed by atoms with Gasteiger partial charge in [0.1, 0.15) is 17.1 Å². The minimum absolute atomic E-state index is 0. The van der Waals surface area contributed by atoms with Gasteiger partial charge in [0.2, 0.25) is 5.91 Å². The molecule has 1 spiro atoms. The topological polar surface area (TPSA) is 63.2 Å². The van der Waals surface area contributed by atoms with Crippen molar-refractivity contribution in [3.63, 3.8) is 0 Å². The standard InChI is InChI=1S/C22H26FN3O2.ClH/c1-4-28-15-5-6-17(23)16(12-15)14-8-10-24-19(11-14)18-7-9-22(25-18)13-21(2,3)26-20(22)27;/h5-6,8,10-12,18,25H,4,7,9,13H2,1-3H3,(H,26,27);1H/t18-,22-;/m1./s1. The summed E-state index contributed by atoms with van der Waals surface area (Å²) in [6.07, 6.45) is 4.04. The van der Waals surface area contributed by atoms with E-state index >= 15 is 0 Å². The fraction of sp³-hybridized carbons (Fsp3) is 0.455. The maximum Gasteiger partial charge on any atom is 0.240 e. The molecule has 0 aliphatic carbocycles. The lowest BCUT2D eigenvalue weighted by molar-refractivity contribution is -0.124. The van der Waals surface area contributed by atoms with Gasteiger partial charge in [-0.3, -0.25) is 15.1 Å². The number of amides is 1. The summed E-state index contributed by atoms with van der Waals surface area (Å²) in [7, 11) is 0. The molecule has 3 heterocycles. The monoisotopic (exact) mass is 419 g/mol. The zero-order chi connectivity index (χ0) is 19.9. The highest BCUT2D eigenvalue weighted by Gasteiger charge is 2.54. The van der Waals surface area contributed by atoms with Crippen molar-refractivity contribution >= 4 is 18.3 Å². The number of nitrogens with zero attached hydrogens (tertiary/aromatic N) is 1. The van der Waals surface area contributed by atoms with Gasteiger partial charge in [-0.1, -0.05) is 0 Å². The number of pyridine rings is 1. The molecule has 156 valence electrons. The lowest BCUT2D eigenvalue weighted by Crippen LogP contribution is -2.47. The third-order valence-electron chi connectivity index (χ3n) is 5.64. The van der Waals surface area contributed by atoms with Crippen LogP contribution in [0.1, 0.15) is 51.8 Å². The van der Waals surface area contributed by atoms with Crippen molar-refractivity contribution in [3.8, 4) is 16.9 Å². The number of carbonyl (C=O) groups excluding carboxylic acids is 1. The van der Waals surface area contributed by atoms with Crippen molar-refractivity contribution in [1.82, 2.24) is 15.6 Å². The van der Waals surface area contributed by atoms with Crippen LogP contribution in [0.25, 0.3) is 11.1 Å². The summed E-state index contributed by atoms with van der Waals surface area (Å²) < 4.78 is 19.9. The molecule has 1 amide bonds. The number of benzene rings is 1. The van der Waals surface area contributed by atoms with Crippen molar-refractivity contribution < 1.29 is 13.9 Å². The van der Waals surface area contributed by atoms with Crippen molar-refractivity contribution in [3.05, 3.63) is 48.0 Å². The lowest BCUT2D eigenvalue weighted by Gasteiger charge is -2.24. The molecule has 7 heteroatoms. The van der Waals surface area contributed by atoms with Crippen LogP contribution in [0.15, 0.2) is 36.5 Å². The zero-order valence-electron chi connectivity index (χ0n) is 16.9. The molecule has 2 aliphatic rings. The van der Waals surface area contributed by atoms with Gasteiger partial charge in [-0.2, -0.15) is 0 Å². The van der Waals surface area contributed by atoms with Crippen LogP contribution in [-0.4, -0.2) is 28.6 Å². The predicted octanol–water partition coefficient (Wildman–Crippen LogP) is 4.17. The van der Waals surface area contributed by atoms with Crippen molar-refractivity contribution in [2.45, 2.75) is 57.2 Å². The van der Waals surface area contributed by atoms with Gasteiger partial charge in [0.05, 0.1) is 18.3 Å². The van der Waals surface area contributed by atoms with Gasteiger partial charge in [-0.05, 0) is 75.9 Å². The molecule has 0 radical (unpaired) electrons. The van der Waals surface area contributed by atoms with Gasteiger partial charge in [0, 0.05) is 17.3 Å². The van der Waals surface area contributed by atoms with Crippen LogP contribution in [0.4, 0.5) is 4.39 Å². The number of halogens is 2. The Kier molecular flexibility index (Phi) is 5.88. The van der Waals surface area contributed by atoms with E-state index < -0.39 is 5.54 Å². The molecule has 2 saturated heterocycles. The predicted molar refractivity (Wildman–Crippen MR) is 113 cm³/mol. The van der Waals surface area contributed by atoms with E-state index in [4.69, 9.17) is 4.74 Å². The SMILES string of the molecule is CCOc1ccc(F)c(-c2ccnc([C@H]3CC[C@]4(CC(C)(C)NC4=O)N3)c2)c1.Cl. The van der Waals surface area contributed by atoms with E-state index in [1.165, 1.54) is 6.07 Å². The number of nitrogens with one attached hydrogen (secondary N) is 2. The van der Waals surface area contributed by atoms with Gasteiger partial charge in [0.25, 0.3) is 0 Å². The van der Waals surface area contributed by atoms with Crippen molar-refractivity contribution in [2.24, 2.45) is 0 Å². The quantitative estimate of drug-likeness (QED) is 0.780. The minimum atomic E-state index is -0.536. The highest BCUT2D eigenvalue weighted by atomic mass is 35.5. The molecule has 0 bridgehead atoms. The summed E-state index contributed by atoms with van der Waals surface area (Å²) in [5.41, 5.74) is 1.32. The molecule has 1 aromatic carbocycles. The van der Waals surface area contributed by atoms with E-state index in [9.17, 15) is 9.18 Å². The first kappa shape index (κ1) is 21.5. The van der Waals surface area contributed by atoms with Crippen LogP contribution >= 0.6 is 12.4 Å². The number of hydrogen-bond donors (Lipinski definition) is 2. The third kappa shape index (κ3) is 4.09. The Balaban J connectivity index is 0.00000240. The summed E-state index contributed by atoms with van der Waals surface area (Å²) in [6, 6.07) is 8.45. The number of carbonyl (C=O) groups is 1. The molecule has 5 nitrogen and oxygen atoms in total. The summed E-state index contributed by atoms with van der Waals surface area (Å²) in [5, 5.41) is 6.60. The second-order valence-electron chi connectivity index (χ2n) is 8.38. The average Bonchev–Trinajstić information content (AvgIpc) is 3.17. The van der Waals surface area contributed by atoms with Gasteiger partial charge < -0.3 is 10.1 Å². The van der Waals surface area contributed by atoms with E-state index in [1.807, 2.05) is 26.8 Å². The summed E-state index contributed by atoms with van der Waals surface area (Å²) in [5.74, 6) is 0.403. The normalized spacial score (nSPS) is 25.0. The van der Waals surface area contributed by atoms with Crippen LogP contribution in [0, 0.1) is 5.82 Å². The molecule has 2 fully saturated rings. The van der Waals surface area contributed by atoms with Gasteiger partial charge in [0.15, 0.2) is 0 Å². The molecule has 2 aliphatic heterocycles. The zero-order valence-corrected chi connectivity index (χ0v) is 17.7. The van der Waals surface area contributed by atoms with Crippen molar-refractivity contribution in [1.29, 1.82) is 0 Å². The Labute approximate surface area is 176 Å². The minimum Gasteiger partial charge on any atom is -0.494 e. The van der Waals surface area contributed by atoms with E-state index in [0.29, 0.717) is 17.9 Å². The lowest BCUT2D eigenvalue weighted by atomic mass is 9.88. The number of aromatic nitrogens is 1. The Bertz CT molecular complexity index is 921. The summed E-state index contributed by atoms with van der Waals surface area (Å²) in [4.78, 5) is 17.1. The maximum absolute atomic E-state index is 14.4. The molecule has 2 aromatic rings. The number of hydrogen-bond acceptors (Lipinski definition) is 4. The van der Waals surface area contributed by atoms with Gasteiger partial charge in [-0.25, -0.2) is 4.39 Å². The highest BCUT2D eigenvalue weighted by molar-refractivity contribution is 5.90. The highest BCUT2D eigenvalue weighted by Crippen LogP contribution is 2.41. The Morgan fingerprint density at radius 2 is 2.07 bits per heavy atom. The van der Waals surface area contributed by atoms with E-state index in [2.05, 4.69) is 15.6 Å². The van der Waals surface area contributed by atoms with E-state index in [-0.39, 0.29) is 35.7 Å². The van der Waals surface area contributed by atoms with Crippen LogP contribution < -0.4 is 15.4 Å². The van der Waals surface area contributed by atoms with Gasteiger partial charge >= 0.3 is 0 Å². The van der Waals surface area contributed by atoms with Crippen LogP contribution in [-0.2, 0) is 4.79 Å². The molecule has 2 atom stereocenters. The fourth-order valence-electron chi connectivity index (χ4n) is 4.50. The van der Waals surface area contributed by atoms with Gasteiger partial charge in [-0.15, -0.1) is 12.4 Å². The molecular formula is C22H27ClFN3O2. The Morgan fingerprint density at radius 1 is 1.28 bits per heavy atom. The molecular weight excluding hydrogens is 393 g/mol. The Hall–Kier alpha value is -2.18. The largest absolute Gasteiger partial charge is 0.494 e. The molecule has 0 saturated carbocycles. The summed E-state index contributed by atoms with van der Waals surface area (Å²) in [6.45, 7) is 6.51. The molecule has 1 aromatic heterocycles. The second kappa shape index (κ2) is 7.92. The number of ether oxygens (including phenoxy) is 1. The first-order chi connectivity index (χ1) is 13.3. The fourth-order valence-corrected chi connectivity index (χ4v) is 4.50. The Morgan fingerprint density at radius 3 is 2.76 bits per heavy atom. The van der Waals surface area contributed by atoms with Crippen molar-refractivity contribution in [2.75, 3.05) is 6.61 Å². The second-order valence-corrected chi connectivity index (χ2v) is 8.38. The first-order valence-electron chi connectivity index (χ1n) is 9.81. The van der Waals surface area contributed by atoms with E-state index in [0.717, 1.165) is 30.5 Å². The molecule has 4 rings (SSSR count). The average molecular weight is 420 g/mol. The number of rotatable bonds is 4. The summed E-state index contributed by atoms with van der Waals surface area (Å²) >= 11 is 0. The van der Waals surface area contributed by atoms with Crippen LogP contribution in [0.3, 0.4) is 0 Å². The first-order valence-corrected chi connectivity index (χ1v) is 9.81. The smallest absolute Gasteiger partial charge is 0.240 e. The maximum atomic E-state index is 14.4.